The second-order valence-corrected chi connectivity index (χ2v) is 5.95. The summed E-state index contributed by atoms with van der Waals surface area (Å²) < 4.78 is 0. The summed E-state index contributed by atoms with van der Waals surface area (Å²) in [5.41, 5.74) is 4.76. The van der Waals surface area contributed by atoms with Crippen molar-refractivity contribution in [3.63, 3.8) is 0 Å². The molecule has 0 aliphatic rings. The Kier molecular flexibility index (Phi) is 2.67. The molecule has 2 nitrogen and oxygen atoms in total. The fourth-order valence-electron chi connectivity index (χ4n) is 2.30. The minimum atomic E-state index is 0.159. The Morgan fingerprint density at radius 2 is 1.68 bits per heavy atom. The molecular weight excluding hydrogens is 232 g/mol. The van der Waals surface area contributed by atoms with Gasteiger partial charge in [0.25, 0.3) is 0 Å². The molecule has 0 unspecified atom stereocenters. The monoisotopic (exact) mass is 250 g/mol. The van der Waals surface area contributed by atoms with E-state index >= 15 is 0 Å². The first-order chi connectivity index (χ1) is 9.05. The smallest absolute Gasteiger partial charge is 0.0999 e. The van der Waals surface area contributed by atoms with Crippen LogP contribution in [0.15, 0.2) is 48.5 Å². The molecule has 19 heavy (non-hydrogen) atoms. The Hall–Kier alpha value is -2.09. The highest BCUT2D eigenvalue weighted by atomic mass is 15.1. The molecule has 0 bridgehead atoms. The van der Waals surface area contributed by atoms with Crippen molar-refractivity contribution in [3.8, 4) is 11.3 Å². The van der Waals surface area contributed by atoms with Gasteiger partial charge in [0.1, 0.15) is 0 Å². The van der Waals surface area contributed by atoms with Crippen molar-refractivity contribution >= 4 is 10.9 Å². The van der Waals surface area contributed by atoms with Gasteiger partial charge in [-0.25, -0.2) is 0 Å². The third-order valence-corrected chi connectivity index (χ3v) is 3.48. The number of fused-ring (bicyclic) bond motifs is 1. The van der Waals surface area contributed by atoms with Crippen molar-refractivity contribution in [3.05, 3.63) is 54.1 Å². The average molecular weight is 250 g/mol. The second-order valence-electron chi connectivity index (χ2n) is 5.95. The Labute approximate surface area is 113 Å². The standard InChI is InChI=1S/C17H18N2/c1-17(2,3)13-9-10-14-15(11-13)18-19-16(14)12-7-5-4-6-8-12/h4-11H,1-3H3,(H,18,19). The van der Waals surface area contributed by atoms with Crippen molar-refractivity contribution < 1.29 is 0 Å². The number of nitrogens with one attached hydrogen (secondary N) is 1. The molecule has 0 saturated carbocycles. The number of aromatic nitrogens is 2. The van der Waals surface area contributed by atoms with Gasteiger partial charge in [-0.1, -0.05) is 63.2 Å². The Balaban J connectivity index is 2.16. The summed E-state index contributed by atoms with van der Waals surface area (Å²) >= 11 is 0. The first-order valence-electron chi connectivity index (χ1n) is 6.60. The number of H-pyrrole nitrogens is 1. The van der Waals surface area contributed by atoms with E-state index in [0.717, 1.165) is 16.8 Å². The van der Waals surface area contributed by atoms with E-state index in [9.17, 15) is 0 Å². The first-order valence-corrected chi connectivity index (χ1v) is 6.60. The van der Waals surface area contributed by atoms with Crippen LogP contribution in [0.4, 0.5) is 0 Å². The van der Waals surface area contributed by atoms with Crippen LogP contribution >= 0.6 is 0 Å². The zero-order valence-corrected chi connectivity index (χ0v) is 11.6. The number of hydrogen-bond acceptors (Lipinski definition) is 1. The molecule has 2 heteroatoms. The van der Waals surface area contributed by atoms with Gasteiger partial charge in [0.15, 0.2) is 0 Å². The molecule has 0 amide bonds. The van der Waals surface area contributed by atoms with Gasteiger partial charge in [-0.15, -0.1) is 0 Å². The number of aromatic amines is 1. The van der Waals surface area contributed by atoms with Crippen LogP contribution in [0, 0.1) is 0 Å². The minimum absolute atomic E-state index is 0.159. The van der Waals surface area contributed by atoms with Crippen molar-refractivity contribution in [2.45, 2.75) is 26.2 Å². The van der Waals surface area contributed by atoms with Gasteiger partial charge in [-0.3, -0.25) is 5.10 Å². The molecule has 0 radical (unpaired) electrons. The van der Waals surface area contributed by atoms with E-state index in [4.69, 9.17) is 0 Å². The molecule has 1 heterocycles. The fraction of sp³-hybridized carbons (Fsp3) is 0.235. The lowest BCUT2D eigenvalue weighted by molar-refractivity contribution is 0.591. The van der Waals surface area contributed by atoms with E-state index in [1.807, 2.05) is 18.2 Å². The highest BCUT2D eigenvalue weighted by molar-refractivity contribution is 5.93. The van der Waals surface area contributed by atoms with Crippen LogP contribution in [-0.4, -0.2) is 10.2 Å². The lowest BCUT2D eigenvalue weighted by Crippen LogP contribution is -2.10. The SMILES string of the molecule is CC(C)(C)c1ccc2c(-c3ccccc3)n[nH]c2c1. The van der Waals surface area contributed by atoms with Gasteiger partial charge in [0.2, 0.25) is 0 Å². The topological polar surface area (TPSA) is 28.7 Å². The van der Waals surface area contributed by atoms with Gasteiger partial charge >= 0.3 is 0 Å². The Morgan fingerprint density at radius 1 is 0.947 bits per heavy atom. The highest BCUT2D eigenvalue weighted by Gasteiger charge is 2.15. The largest absolute Gasteiger partial charge is 0.277 e. The van der Waals surface area contributed by atoms with Crippen LogP contribution in [0.5, 0.6) is 0 Å². The second kappa shape index (κ2) is 4.23. The van der Waals surface area contributed by atoms with Gasteiger partial charge in [0.05, 0.1) is 11.2 Å². The first kappa shape index (κ1) is 12.0. The maximum absolute atomic E-state index is 4.46. The number of hydrogen-bond donors (Lipinski definition) is 1. The van der Waals surface area contributed by atoms with Gasteiger partial charge in [-0.05, 0) is 17.0 Å². The van der Waals surface area contributed by atoms with Crippen LogP contribution in [-0.2, 0) is 5.41 Å². The quantitative estimate of drug-likeness (QED) is 0.675. The summed E-state index contributed by atoms with van der Waals surface area (Å²) in [4.78, 5) is 0. The number of benzene rings is 2. The van der Waals surface area contributed by atoms with E-state index in [1.54, 1.807) is 0 Å². The zero-order valence-electron chi connectivity index (χ0n) is 11.6. The number of rotatable bonds is 1. The van der Waals surface area contributed by atoms with E-state index in [1.165, 1.54) is 10.9 Å². The van der Waals surface area contributed by atoms with Crippen LogP contribution in [0.2, 0.25) is 0 Å². The van der Waals surface area contributed by atoms with E-state index in [2.05, 4.69) is 61.3 Å². The third kappa shape index (κ3) is 2.14. The normalized spacial score (nSPS) is 11.9. The lowest BCUT2D eigenvalue weighted by Gasteiger charge is -2.18. The third-order valence-electron chi connectivity index (χ3n) is 3.48. The number of nitrogens with zero attached hydrogens (tertiary/aromatic N) is 1. The maximum atomic E-state index is 4.46. The molecule has 0 saturated heterocycles. The molecule has 0 fully saturated rings. The van der Waals surface area contributed by atoms with E-state index < -0.39 is 0 Å². The van der Waals surface area contributed by atoms with E-state index in [-0.39, 0.29) is 5.41 Å². The van der Waals surface area contributed by atoms with Crippen LogP contribution in [0.1, 0.15) is 26.3 Å². The maximum Gasteiger partial charge on any atom is 0.0999 e. The van der Waals surface area contributed by atoms with Crippen molar-refractivity contribution in [2.24, 2.45) is 0 Å². The highest BCUT2D eigenvalue weighted by Crippen LogP contribution is 2.30. The molecule has 0 spiro atoms. The van der Waals surface area contributed by atoms with Crippen molar-refractivity contribution in [1.29, 1.82) is 0 Å². The van der Waals surface area contributed by atoms with Crippen LogP contribution in [0.25, 0.3) is 22.2 Å². The molecule has 1 N–H and O–H groups in total. The van der Waals surface area contributed by atoms with Gasteiger partial charge in [0, 0.05) is 10.9 Å². The van der Waals surface area contributed by atoms with Gasteiger partial charge < -0.3 is 0 Å². The molecule has 0 atom stereocenters. The Morgan fingerprint density at radius 3 is 2.37 bits per heavy atom. The average Bonchev–Trinajstić information content (AvgIpc) is 2.81. The molecule has 96 valence electrons. The van der Waals surface area contributed by atoms with Crippen LogP contribution < -0.4 is 0 Å². The summed E-state index contributed by atoms with van der Waals surface area (Å²) in [5.74, 6) is 0. The molecule has 0 aliphatic heterocycles. The van der Waals surface area contributed by atoms with Crippen molar-refractivity contribution in [1.82, 2.24) is 10.2 Å². The summed E-state index contributed by atoms with van der Waals surface area (Å²) in [6, 6.07) is 16.9. The summed E-state index contributed by atoms with van der Waals surface area (Å²) in [7, 11) is 0. The summed E-state index contributed by atoms with van der Waals surface area (Å²) in [6.07, 6.45) is 0. The van der Waals surface area contributed by atoms with Gasteiger partial charge in [-0.2, -0.15) is 5.10 Å². The van der Waals surface area contributed by atoms with E-state index in [0.29, 0.717) is 0 Å². The summed E-state index contributed by atoms with van der Waals surface area (Å²) in [6.45, 7) is 6.67. The predicted molar refractivity (Wildman–Crippen MR) is 80.2 cm³/mol. The molecule has 3 rings (SSSR count). The fourth-order valence-corrected chi connectivity index (χ4v) is 2.30. The molecular formula is C17H18N2. The predicted octanol–water partition coefficient (Wildman–Crippen LogP) is 4.53. The molecule has 2 aromatic carbocycles. The minimum Gasteiger partial charge on any atom is -0.277 e. The zero-order chi connectivity index (χ0) is 13.5. The van der Waals surface area contributed by atoms with Crippen LogP contribution in [0.3, 0.4) is 0 Å². The summed E-state index contributed by atoms with van der Waals surface area (Å²) in [5, 5.41) is 8.79. The Bertz CT molecular complexity index is 703. The lowest BCUT2D eigenvalue weighted by atomic mass is 9.86. The molecule has 0 aliphatic carbocycles. The molecule has 3 aromatic rings. The van der Waals surface area contributed by atoms with Crippen molar-refractivity contribution in [2.75, 3.05) is 0 Å². The molecule has 1 aromatic heterocycles.